The summed E-state index contributed by atoms with van der Waals surface area (Å²) in [5.41, 5.74) is 7.01. The van der Waals surface area contributed by atoms with Crippen molar-refractivity contribution in [3.63, 3.8) is 0 Å². The van der Waals surface area contributed by atoms with Crippen LogP contribution in [0.3, 0.4) is 0 Å². The molecular weight excluding hydrogens is 258 g/mol. The number of aryl methyl sites for hydroxylation is 1. The topological polar surface area (TPSA) is 66.9 Å². The summed E-state index contributed by atoms with van der Waals surface area (Å²) in [7, 11) is 4.75. The average molecular weight is 277 g/mol. The first-order valence-corrected chi connectivity index (χ1v) is 6.22. The Morgan fingerprint density at radius 1 is 1.00 bits per heavy atom. The third-order valence-corrected chi connectivity index (χ3v) is 3.13. The van der Waals surface area contributed by atoms with Crippen molar-refractivity contribution in [1.29, 1.82) is 0 Å². The molecule has 2 N–H and O–H groups in total. The van der Waals surface area contributed by atoms with Crippen LogP contribution in [0.15, 0.2) is 28.7 Å². The zero-order chi connectivity index (χ0) is 14.7. The molecule has 0 fully saturated rings. The summed E-state index contributed by atoms with van der Waals surface area (Å²) in [4.78, 5) is 0. The van der Waals surface area contributed by atoms with Crippen molar-refractivity contribution in [1.82, 2.24) is 0 Å². The van der Waals surface area contributed by atoms with Crippen LogP contribution in [0.4, 0.5) is 0 Å². The van der Waals surface area contributed by atoms with Crippen LogP contribution in [0.25, 0.3) is 0 Å². The van der Waals surface area contributed by atoms with E-state index in [9.17, 15) is 0 Å². The molecule has 5 nitrogen and oxygen atoms in total. The smallest absolute Gasteiger partial charge is 0.131 e. The molecule has 5 heteroatoms. The standard InChI is InChI=1S/C15H19NO4/c1-9-5-6-11(20-9)15(16)14-12(18-3)7-10(17-2)8-13(14)19-4/h5-8,15H,16H2,1-4H3. The van der Waals surface area contributed by atoms with Crippen LogP contribution in [0.2, 0.25) is 0 Å². The highest BCUT2D eigenvalue weighted by molar-refractivity contribution is 5.54. The van der Waals surface area contributed by atoms with Crippen molar-refractivity contribution in [3.05, 3.63) is 41.3 Å². The Morgan fingerprint density at radius 3 is 2.00 bits per heavy atom. The predicted octanol–water partition coefficient (Wildman–Crippen LogP) is 2.66. The summed E-state index contributed by atoms with van der Waals surface area (Å²) < 4.78 is 21.6. The van der Waals surface area contributed by atoms with Crippen LogP contribution in [-0.2, 0) is 0 Å². The molecule has 0 aliphatic rings. The van der Waals surface area contributed by atoms with Gasteiger partial charge in [0.15, 0.2) is 0 Å². The van der Waals surface area contributed by atoms with Crippen molar-refractivity contribution in [2.75, 3.05) is 21.3 Å². The molecule has 0 saturated carbocycles. The van der Waals surface area contributed by atoms with Crippen LogP contribution in [-0.4, -0.2) is 21.3 Å². The van der Waals surface area contributed by atoms with E-state index in [0.29, 0.717) is 23.0 Å². The first-order valence-electron chi connectivity index (χ1n) is 6.22. The maximum atomic E-state index is 6.28. The molecule has 20 heavy (non-hydrogen) atoms. The Labute approximate surface area is 118 Å². The van der Waals surface area contributed by atoms with Gasteiger partial charge in [-0.25, -0.2) is 0 Å². The van der Waals surface area contributed by atoms with E-state index in [1.807, 2.05) is 19.1 Å². The lowest BCUT2D eigenvalue weighted by Crippen LogP contribution is -2.14. The molecule has 0 spiro atoms. The van der Waals surface area contributed by atoms with Crippen LogP contribution < -0.4 is 19.9 Å². The van der Waals surface area contributed by atoms with Gasteiger partial charge in [-0.1, -0.05) is 0 Å². The van der Waals surface area contributed by atoms with E-state index in [0.717, 1.165) is 11.3 Å². The highest BCUT2D eigenvalue weighted by Gasteiger charge is 2.23. The van der Waals surface area contributed by atoms with Crippen molar-refractivity contribution in [2.45, 2.75) is 13.0 Å². The second-order valence-corrected chi connectivity index (χ2v) is 4.37. The van der Waals surface area contributed by atoms with Crippen LogP contribution in [0.1, 0.15) is 23.1 Å². The summed E-state index contributed by atoms with van der Waals surface area (Å²) in [6, 6.07) is 6.79. The van der Waals surface area contributed by atoms with Gasteiger partial charge in [0.05, 0.1) is 32.9 Å². The number of hydrogen-bond donors (Lipinski definition) is 1. The van der Waals surface area contributed by atoms with Gasteiger partial charge >= 0.3 is 0 Å². The third-order valence-electron chi connectivity index (χ3n) is 3.13. The molecule has 0 radical (unpaired) electrons. The van der Waals surface area contributed by atoms with Crippen molar-refractivity contribution in [3.8, 4) is 17.2 Å². The van der Waals surface area contributed by atoms with Crippen LogP contribution >= 0.6 is 0 Å². The Morgan fingerprint density at radius 2 is 1.60 bits per heavy atom. The Hall–Kier alpha value is -2.14. The van der Waals surface area contributed by atoms with E-state index in [-0.39, 0.29) is 0 Å². The molecule has 1 aromatic heterocycles. The molecule has 0 bridgehead atoms. The molecule has 0 amide bonds. The van der Waals surface area contributed by atoms with E-state index < -0.39 is 6.04 Å². The van der Waals surface area contributed by atoms with Crippen molar-refractivity contribution < 1.29 is 18.6 Å². The van der Waals surface area contributed by atoms with Gasteiger partial charge in [0.1, 0.15) is 28.8 Å². The van der Waals surface area contributed by atoms with E-state index in [4.69, 9.17) is 24.4 Å². The summed E-state index contributed by atoms with van der Waals surface area (Å²) >= 11 is 0. The van der Waals surface area contributed by atoms with Crippen molar-refractivity contribution in [2.24, 2.45) is 5.73 Å². The van der Waals surface area contributed by atoms with Crippen LogP contribution in [0, 0.1) is 6.92 Å². The van der Waals surface area contributed by atoms with E-state index in [2.05, 4.69) is 0 Å². The number of furan rings is 1. The molecule has 0 saturated heterocycles. The van der Waals surface area contributed by atoms with Gasteiger partial charge in [-0.2, -0.15) is 0 Å². The first kappa shape index (κ1) is 14.3. The molecule has 108 valence electrons. The minimum Gasteiger partial charge on any atom is -0.496 e. The number of benzene rings is 1. The number of methoxy groups -OCH3 is 3. The summed E-state index contributed by atoms with van der Waals surface area (Å²) in [5.74, 6) is 3.31. The minimum atomic E-state index is -0.473. The molecule has 0 aliphatic carbocycles. The zero-order valence-electron chi connectivity index (χ0n) is 12.1. The minimum absolute atomic E-state index is 0.473. The Kier molecular flexibility index (Phi) is 4.20. The second-order valence-electron chi connectivity index (χ2n) is 4.37. The van der Waals surface area contributed by atoms with Crippen molar-refractivity contribution >= 4 is 0 Å². The lowest BCUT2D eigenvalue weighted by atomic mass is 10.0. The van der Waals surface area contributed by atoms with E-state index in [1.54, 1.807) is 33.5 Å². The third kappa shape index (κ3) is 2.58. The fourth-order valence-corrected chi connectivity index (χ4v) is 2.10. The van der Waals surface area contributed by atoms with Gasteiger partial charge in [0, 0.05) is 12.1 Å². The number of ether oxygens (including phenoxy) is 3. The molecular formula is C15H19NO4. The summed E-state index contributed by atoms with van der Waals surface area (Å²) in [6.45, 7) is 1.87. The molecule has 2 aromatic rings. The van der Waals surface area contributed by atoms with Gasteiger partial charge in [-0.3, -0.25) is 0 Å². The van der Waals surface area contributed by atoms with E-state index >= 15 is 0 Å². The average Bonchev–Trinajstić information content (AvgIpc) is 2.91. The Bertz CT molecular complexity index is 566. The SMILES string of the molecule is COc1cc(OC)c(C(N)c2ccc(C)o2)c(OC)c1. The number of rotatable bonds is 5. The van der Waals surface area contributed by atoms with Gasteiger partial charge in [0.2, 0.25) is 0 Å². The lowest BCUT2D eigenvalue weighted by molar-refractivity contribution is 0.361. The molecule has 2 rings (SSSR count). The Balaban J connectivity index is 2.53. The molecule has 0 aliphatic heterocycles. The molecule has 1 unspecified atom stereocenters. The molecule has 1 heterocycles. The predicted molar refractivity (Wildman–Crippen MR) is 75.6 cm³/mol. The maximum absolute atomic E-state index is 6.28. The largest absolute Gasteiger partial charge is 0.496 e. The lowest BCUT2D eigenvalue weighted by Gasteiger charge is -2.18. The van der Waals surface area contributed by atoms with Gasteiger partial charge < -0.3 is 24.4 Å². The van der Waals surface area contributed by atoms with E-state index in [1.165, 1.54) is 0 Å². The second kappa shape index (κ2) is 5.88. The summed E-state index contributed by atoms with van der Waals surface area (Å²) in [6.07, 6.45) is 0. The zero-order valence-corrected chi connectivity index (χ0v) is 12.1. The fraction of sp³-hybridized carbons (Fsp3) is 0.333. The maximum Gasteiger partial charge on any atom is 0.131 e. The number of nitrogens with two attached hydrogens (primary N) is 1. The normalized spacial score (nSPS) is 12.1. The van der Waals surface area contributed by atoms with Gasteiger partial charge in [-0.05, 0) is 19.1 Å². The highest BCUT2D eigenvalue weighted by Crippen LogP contribution is 2.39. The highest BCUT2D eigenvalue weighted by atomic mass is 16.5. The van der Waals surface area contributed by atoms with Crippen LogP contribution in [0.5, 0.6) is 17.2 Å². The molecule has 1 aromatic carbocycles. The van der Waals surface area contributed by atoms with Gasteiger partial charge in [-0.15, -0.1) is 0 Å². The first-order chi connectivity index (χ1) is 9.60. The summed E-state index contributed by atoms with van der Waals surface area (Å²) in [5, 5.41) is 0. The monoisotopic (exact) mass is 277 g/mol. The molecule has 1 atom stereocenters. The fourth-order valence-electron chi connectivity index (χ4n) is 2.10. The number of hydrogen-bond acceptors (Lipinski definition) is 5. The van der Waals surface area contributed by atoms with Gasteiger partial charge in [0.25, 0.3) is 0 Å². The quantitative estimate of drug-likeness (QED) is 0.910.